The van der Waals surface area contributed by atoms with Gasteiger partial charge in [-0.25, -0.2) is 0 Å². The van der Waals surface area contributed by atoms with Crippen molar-refractivity contribution in [3.8, 4) is 0 Å². The summed E-state index contributed by atoms with van der Waals surface area (Å²) in [4.78, 5) is 27.1. The van der Waals surface area contributed by atoms with Crippen molar-refractivity contribution in [2.45, 2.75) is 135 Å². The van der Waals surface area contributed by atoms with Crippen LogP contribution in [-0.2, 0) is 9.59 Å². The summed E-state index contributed by atoms with van der Waals surface area (Å²) in [5.74, 6) is 3.58. The van der Waals surface area contributed by atoms with Crippen molar-refractivity contribution in [2.75, 3.05) is 20.2 Å². The first-order valence-corrected chi connectivity index (χ1v) is 15.9. The van der Waals surface area contributed by atoms with Gasteiger partial charge in [0.15, 0.2) is 0 Å². The molecule has 3 saturated carbocycles. The van der Waals surface area contributed by atoms with E-state index in [1.807, 2.05) is 0 Å². The molecule has 1 saturated heterocycles. The van der Waals surface area contributed by atoms with Crippen LogP contribution in [0.4, 0.5) is 0 Å². The van der Waals surface area contributed by atoms with E-state index >= 15 is 0 Å². The van der Waals surface area contributed by atoms with Gasteiger partial charge in [-0.3, -0.25) is 9.59 Å². The number of carbonyl (C=O) groups excluding carboxylic acids is 2. The van der Waals surface area contributed by atoms with Gasteiger partial charge in [-0.2, -0.15) is 0 Å². The number of aliphatic hydroxyl groups excluding tert-OH is 1. The smallest absolute Gasteiger partial charge is 0.222 e. The Hall–Kier alpha value is -1.10. The van der Waals surface area contributed by atoms with Crippen LogP contribution in [0.1, 0.15) is 129 Å². The Bertz CT molecular complexity index is 771. The minimum absolute atomic E-state index is 0.257. The summed E-state index contributed by atoms with van der Waals surface area (Å²) in [6.45, 7) is 6.25. The molecule has 0 spiro atoms. The molecule has 0 aromatic heterocycles. The van der Waals surface area contributed by atoms with Crippen molar-refractivity contribution in [3.63, 3.8) is 0 Å². The minimum Gasteiger partial charge on any atom is -0.396 e. The average molecular weight is 517 g/mol. The number of nitrogens with one attached hydrogen (secondary N) is 1. The third-order valence-corrected chi connectivity index (χ3v) is 11.9. The number of fused-ring (bicyclic) bond motifs is 5. The van der Waals surface area contributed by atoms with E-state index in [2.05, 4.69) is 31.1 Å². The van der Waals surface area contributed by atoms with Crippen LogP contribution in [0.5, 0.6) is 0 Å². The van der Waals surface area contributed by atoms with E-state index in [0.717, 1.165) is 62.8 Å². The highest BCUT2D eigenvalue weighted by Gasteiger charge is 2.60. The van der Waals surface area contributed by atoms with E-state index in [1.54, 1.807) is 0 Å². The second kappa shape index (κ2) is 12.8. The number of likely N-dealkylation sites (tertiary alicyclic amines) is 1. The van der Waals surface area contributed by atoms with Gasteiger partial charge in [-0.05, 0) is 92.3 Å². The van der Waals surface area contributed by atoms with Gasteiger partial charge >= 0.3 is 0 Å². The topological polar surface area (TPSA) is 69.6 Å². The Morgan fingerprint density at radius 3 is 2.22 bits per heavy atom. The van der Waals surface area contributed by atoms with Gasteiger partial charge < -0.3 is 15.3 Å². The SMILES string of the molecule is CN1C(=O)CC[C@]2(C)[C@H]3CC[C@]4(C)[C@@H](CNC(=O)CCCCCCCCCCCO)CC[C@H]4[C@@H]3CC[C@@H]12. The van der Waals surface area contributed by atoms with Crippen molar-refractivity contribution in [3.05, 3.63) is 0 Å². The molecular formula is C32H56N2O3. The number of aliphatic hydroxyl groups is 1. The maximum atomic E-state index is 12.6. The normalized spacial score (nSPS) is 37.1. The molecule has 4 rings (SSSR count). The third-order valence-electron chi connectivity index (χ3n) is 11.9. The van der Waals surface area contributed by atoms with Crippen LogP contribution >= 0.6 is 0 Å². The number of hydrogen-bond acceptors (Lipinski definition) is 3. The molecule has 5 heteroatoms. The predicted molar refractivity (Wildman–Crippen MR) is 150 cm³/mol. The van der Waals surface area contributed by atoms with E-state index in [4.69, 9.17) is 5.11 Å². The van der Waals surface area contributed by atoms with Crippen molar-refractivity contribution in [1.82, 2.24) is 10.2 Å². The van der Waals surface area contributed by atoms with Gasteiger partial charge in [0.05, 0.1) is 0 Å². The van der Waals surface area contributed by atoms with Crippen LogP contribution in [0.2, 0.25) is 0 Å². The minimum atomic E-state index is 0.257. The van der Waals surface area contributed by atoms with Crippen LogP contribution in [0.15, 0.2) is 0 Å². The summed E-state index contributed by atoms with van der Waals surface area (Å²) >= 11 is 0. The van der Waals surface area contributed by atoms with E-state index in [0.29, 0.717) is 41.7 Å². The van der Waals surface area contributed by atoms with Gasteiger partial charge in [0, 0.05) is 39.1 Å². The van der Waals surface area contributed by atoms with E-state index in [-0.39, 0.29) is 5.91 Å². The van der Waals surface area contributed by atoms with Gasteiger partial charge in [-0.1, -0.05) is 58.8 Å². The number of amides is 2. The van der Waals surface area contributed by atoms with Gasteiger partial charge in [0.1, 0.15) is 0 Å². The van der Waals surface area contributed by atoms with Crippen molar-refractivity contribution in [1.29, 1.82) is 0 Å². The van der Waals surface area contributed by atoms with Crippen LogP contribution in [0, 0.1) is 34.5 Å². The zero-order chi connectivity index (χ0) is 26.5. The van der Waals surface area contributed by atoms with Crippen molar-refractivity contribution < 1.29 is 14.7 Å². The van der Waals surface area contributed by atoms with Crippen LogP contribution in [0.3, 0.4) is 0 Å². The Balaban J connectivity index is 1.18. The zero-order valence-corrected chi connectivity index (χ0v) is 24.2. The number of carbonyl (C=O) groups is 2. The fraction of sp³-hybridized carbons (Fsp3) is 0.938. The second-order valence-corrected chi connectivity index (χ2v) is 13.8. The second-order valence-electron chi connectivity index (χ2n) is 13.8. The molecule has 3 aliphatic carbocycles. The Kier molecular flexibility index (Phi) is 10.0. The standard InChI is InChI=1S/C32H56N2O3/c1-31-20-18-27-25(15-17-28-32(27,2)21-19-30(37)34(28)3)26(31)16-14-24(31)23-33-29(36)13-11-9-7-5-4-6-8-10-12-22-35/h24-28,35H,4-23H2,1-3H3,(H,33,36)/t24-,25+,26+,27+,28-,31-,32-/m1/s1. The van der Waals surface area contributed by atoms with E-state index < -0.39 is 0 Å². The number of unbranched alkanes of at least 4 members (excludes halogenated alkanes) is 8. The molecule has 4 aliphatic rings. The highest BCUT2D eigenvalue weighted by molar-refractivity contribution is 5.77. The third kappa shape index (κ3) is 6.23. The molecule has 1 heterocycles. The molecule has 0 aromatic rings. The molecule has 0 bridgehead atoms. The number of hydrogen-bond donors (Lipinski definition) is 2. The van der Waals surface area contributed by atoms with E-state index in [1.165, 1.54) is 70.6 Å². The molecule has 212 valence electrons. The van der Waals surface area contributed by atoms with Crippen LogP contribution < -0.4 is 5.32 Å². The molecular weight excluding hydrogens is 460 g/mol. The van der Waals surface area contributed by atoms with Crippen molar-refractivity contribution >= 4 is 11.8 Å². The fourth-order valence-electron chi connectivity index (χ4n) is 9.55. The van der Waals surface area contributed by atoms with E-state index in [9.17, 15) is 9.59 Å². The first-order chi connectivity index (χ1) is 17.8. The lowest BCUT2D eigenvalue weighted by Crippen LogP contribution is -2.61. The highest BCUT2D eigenvalue weighted by atomic mass is 16.3. The van der Waals surface area contributed by atoms with Gasteiger partial charge in [0.25, 0.3) is 0 Å². The first kappa shape index (κ1) is 28.9. The Morgan fingerprint density at radius 2 is 1.51 bits per heavy atom. The highest BCUT2D eigenvalue weighted by Crippen LogP contribution is 2.66. The lowest BCUT2D eigenvalue weighted by atomic mass is 9.47. The lowest BCUT2D eigenvalue weighted by Gasteiger charge is -2.61. The lowest BCUT2D eigenvalue weighted by molar-refractivity contribution is -0.158. The summed E-state index contributed by atoms with van der Waals surface area (Å²) < 4.78 is 0. The maximum absolute atomic E-state index is 12.6. The largest absolute Gasteiger partial charge is 0.396 e. The molecule has 0 unspecified atom stereocenters. The Morgan fingerprint density at radius 1 is 0.865 bits per heavy atom. The Labute approximate surface area is 226 Å². The zero-order valence-electron chi connectivity index (χ0n) is 24.2. The van der Waals surface area contributed by atoms with Crippen molar-refractivity contribution in [2.24, 2.45) is 34.5 Å². The molecule has 1 aliphatic heterocycles. The summed E-state index contributed by atoms with van der Waals surface area (Å²) in [6.07, 6.45) is 20.7. The molecule has 0 aromatic carbocycles. The molecule has 4 fully saturated rings. The number of rotatable bonds is 13. The molecule has 0 radical (unpaired) electrons. The first-order valence-electron chi connectivity index (χ1n) is 15.9. The summed E-state index contributed by atoms with van der Waals surface area (Å²) in [5, 5.41) is 12.2. The monoisotopic (exact) mass is 516 g/mol. The molecule has 2 amide bonds. The fourth-order valence-corrected chi connectivity index (χ4v) is 9.55. The number of nitrogens with zero attached hydrogens (tertiary/aromatic N) is 1. The quantitative estimate of drug-likeness (QED) is 0.275. The van der Waals surface area contributed by atoms with Gasteiger partial charge in [0.2, 0.25) is 11.8 Å². The summed E-state index contributed by atoms with van der Waals surface area (Å²) in [6, 6.07) is 0.438. The number of piperidine rings is 1. The summed E-state index contributed by atoms with van der Waals surface area (Å²) in [5.41, 5.74) is 0.657. The molecule has 7 atom stereocenters. The average Bonchev–Trinajstić information content (AvgIpc) is 3.22. The molecule has 2 N–H and O–H groups in total. The van der Waals surface area contributed by atoms with Crippen LogP contribution in [0.25, 0.3) is 0 Å². The molecule has 37 heavy (non-hydrogen) atoms. The van der Waals surface area contributed by atoms with Crippen LogP contribution in [-0.4, -0.2) is 48.1 Å². The van der Waals surface area contributed by atoms with Gasteiger partial charge in [-0.15, -0.1) is 0 Å². The predicted octanol–water partition coefficient (Wildman–Crippen LogP) is 6.48. The summed E-state index contributed by atoms with van der Waals surface area (Å²) in [7, 11) is 2.05. The maximum Gasteiger partial charge on any atom is 0.222 e. The molecule has 5 nitrogen and oxygen atoms in total.